The number of anilines is 3. The van der Waals surface area contributed by atoms with Gasteiger partial charge in [0, 0.05) is 50.3 Å². The van der Waals surface area contributed by atoms with Crippen LogP contribution >= 0.6 is 0 Å². The van der Waals surface area contributed by atoms with Crippen LogP contribution < -0.4 is 15.8 Å². The first-order valence-corrected chi connectivity index (χ1v) is 17.9. The lowest BCUT2D eigenvalue weighted by Crippen LogP contribution is -2.47. The predicted octanol–water partition coefficient (Wildman–Crippen LogP) is 7.95. The van der Waals surface area contributed by atoms with Gasteiger partial charge in [0.15, 0.2) is 5.78 Å². The van der Waals surface area contributed by atoms with Crippen LogP contribution in [-0.4, -0.2) is 62.9 Å². The highest BCUT2D eigenvalue weighted by atomic mass is 16.1. The van der Waals surface area contributed by atoms with Crippen molar-refractivity contribution in [1.29, 1.82) is 0 Å². The van der Waals surface area contributed by atoms with Gasteiger partial charge in [-0.05, 0) is 69.1 Å². The maximum Gasteiger partial charge on any atom is 0.263 e. The van der Waals surface area contributed by atoms with E-state index >= 15 is 0 Å². The number of carbonyl (C=O) groups is 1. The first-order chi connectivity index (χ1) is 22.2. The summed E-state index contributed by atoms with van der Waals surface area (Å²) in [5, 5.41) is 3.99. The van der Waals surface area contributed by atoms with E-state index in [-0.39, 0.29) is 22.9 Å². The van der Waals surface area contributed by atoms with E-state index in [0.717, 1.165) is 74.8 Å². The third-order valence-electron chi connectivity index (χ3n) is 9.61. The standard InChI is InChI=1S/C35H51N7O2.C2H6/c1-6-7-10-27(14-13-24(2)3)23-40-17-19-41(20-18-40)29-15-16-31(36-21-29)38-35-37-22-30-25(4)32(26(5)43)34(44)42(33(30)39-35)28-11-8-9-12-28;1-2/h15-16,21-22,24,27-28H,6-14,17-20,23H2,1-5H3,(H,36,37,38,39);1-2H3. The average molecular weight is 632 g/mol. The van der Waals surface area contributed by atoms with Crippen molar-refractivity contribution in [2.24, 2.45) is 11.8 Å². The van der Waals surface area contributed by atoms with Crippen molar-refractivity contribution in [1.82, 2.24) is 24.4 Å². The minimum atomic E-state index is -0.242. The number of nitrogens with one attached hydrogen (secondary N) is 1. The zero-order chi connectivity index (χ0) is 33.2. The van der Waals surface area contributed by atoms with Crippen LogP contribution in [-0.2, 0) is 0 Å². The number of nitrogens with zero attached hydrogens (tertiary/aromatic N) is 6. The molecule has 1 aliphatic carbocycles. The molecule has 1 saturated carbocycles. The number of aryl methyl sites for hydroxylation is 1. The quantitative estimate of drug-likeness (QED) is 0.190. The molecule has 0 bridgehead atoms. The van der Waals surface area contributed by atoms with Crippen molar-refractivity contribution in [3.63, 3.8) is 0 Å². The maximum atomic E-state index is 13.5. The van der Waals surface area contributed by atoms with Gasteiger partial charge in [0.2, 0.25) is 5.95 Å². The lowest BCUT2D eigenvalue weighted by Gasteiger charge is -2.37. The Labute approximate surface area is 276 Å². The average Bonchev–Trinajstić information content (AvgIpc) is 3.58. The molecular formula is C37H57N7O2. The van der Waals surface area contributed by atoms with Crippen molar-refractivity contribution >= 4 is 34.3 Å². The second-order valence-corrected chi connectivity index (χ2v) is 13.4. The van der Waals surface area contributed by atoms with Crippen LogP contribution in [0.2, 0.25) is 0 Å². The van der Waals surface area contributed by atoms with Crippen molar-refractivity contribution in [3.8, 4) is 0 Å². The number of Topliss-reactive ketones (excluding diaryl/α,β-unsaturated/α-hetero) is 1. The van der Waals surface area contributed by atoms with E-state index < -0.39 is 0 Å². The van der Waals surface area contributed by atoms with Crippen molar-refractivity contribution < 1.29 is 4.79 Å². The molecule has 2 aliphatic rings. The molecule has 0 spiro atoms. The summed E-state index contributed by atoms with van der Waals surface area (Å²) in [4.78, 5) is 45.0. The Balaban J connectivity index is 0.00000235. The molecule has 1 N–H and O–H groups in total. The SMILES string of the molecule is CC.CCCCC(CCC(C)C)CN1CCN(c2ccc(Nc3ncc4c(C)c(C(C)=O)c(=O)n(C5CCCC5)c4n3)nc2)CC1. The third-order valence-corrected chi connectivity index (χ3v) is 9.61. The second kappa shape index (κ2) is 17.0. The monoisotopic (exact) mass is 631 g/mol. The molecule has 46 heavy (non-hydrogen) atoms. The molecule has 2 fully saturated rings. The molecule has 0 radical (unpaired) electrons. The number of unbranched alkanes of at least 4 members (excludes halogenated alkanes) is 1. The Morgan fingerprint density at radius 2 is 1.72 bits per heavy atom. The number of fused-ring (bicyclic) bond motifs is 1. The van der Waals surface area contributed by atoms with E-state index in [1.54, 1.807) is 10.8 Å². The van der Waals surface area contributed by atoms with Gasteiger partial charge >= 0.3 is 0 Å². The van der Waals surface area contributed by atoms with Gasteiger partial charge in [0.1, 0.15) is 11.5 Å². The summed E-state index contributed by atoms with van der Waals surface area (Å²) in [6.45, 7) is 19.6. The molecule has 4 heterocycles. The van der Waals surface area contributed by atoms with E-state index in [1.165, 1.54) is 45.6 Å². The first-order valence-electron chi connectivity index (χ1n) is 17.9. The highest BCUT2D eigenvalue weighted by Crippen LogP contribution is 2.32. The minimum Gasteiger partial charge on any atom is -0.368 e. The van der Waals surface area contributed by atoms with Gasteiger partial charge < -0.3 is 10.2 Å². The normalized spacial score (nSPS) is 16.5. The molecule has 5 rings (SSSR count). The van der Waals surface area contributed by atoms with Crippen LogP contribution in [0.5, 0.6) is 0 Å². The van der Waals surface area contributed by atoms with E-state index in [0.29, 0.717) is 23.0 Å². The Morgan fingerprint density at radius 1 is 1.00 bits per heavy atom. The van der Waals surface area contributed by atoms with E-state index in [2.05, 4.69) is 51.9 Å². The number of ketones is 1. The Bertz CT molecular complexity index is 1470. The van der Waals surface area contributed by atoms with Crippen LogP contribution in [0.25, 0.3) is 11.0 Å². The topological polar surface area (TPSA) is 96.2 Å². The van der Waals surface area contributed by atoms with Crippen LogP contribution in [0.15, 0.2) is 29.3 Å². The minimum absolute atomic E-state index is 0.0478. The van der Waals surface area contributed by atoms with Crippen molar-refractivity contribution in [2.45, 2.75) is 112 Å². The summed E-state index contributed by atoms with van der Waals surface area (Å²) in [7, 11) is 0. The van der Waals surface area contributed by atoms with Gasteiger partial charge in [0.05, 0.1) is 17.4 Å². The number of hydrogen-bond acceptors (Lipinski definition) is 8. The Hall–Kier alpha value is -3.33. The lowest BCUT2D eigenvalue weighted by molar-refractivity contribution is 0.101. The summed E-state index contributed by atoms with van der Waals surface area (Å²) in [6.07, 6.45) is 14.2. The van der Waals surface area contributed by atoms with Crippen LogP contribution in [0.4, 0.5) is 17.5 Å². The fourth-order valence-corrected chi connectivity index (χ4v) is 7.01. The van der Waals surface area contributed by atoms with Crippen molar-refractivity contribution in [2.75, 3.05) is 42.9 Å². The summed E-state index contributed by atoms with van der Waals surface area (Å²) in [5.41, 5.74) is 2.35. The highest BCUT2D eigenvalue weighted by molar-refractivity contribution is 5.99. The lowest BCUT2D eigenvalue weighted by atomic mass is 9.92. The Morgan fingerprint density at radius 3 is 2.33 bits per heavy atom. The third kappa shape index (κ3) is 8.72. The summed E-state index contributed by atoms with van der Waals surface area (Å²) in [5.74, 6) is 2.41. The largest absolute Gasteiger partial charge is 0.368 e. The highest BCUT2D eigenvalue weighted by Gasteiger charge is 2.26. The number of piperazine rings is 1. The van der Waals surface area contributed by atoms with Crippen LogP contribution in [0.3, 0.4) is 0 Å². The molecule has 1 unspecified atom stereocenters. The Kier molecular flexibility index (Phi) is 13.1. The molecule has 0 amide bonds. The zero-order valence-electron chi connectivity index (χ0n) is 29.4. The number of pyridine rings is 2. The second-order valence-electron chi connectivity index (χ2n) is 13.4. The fourth-order valence-electron chi connectivity index (χ4n) is 7.01. The van der Waals surface area contributed by atoms with Crippen molar-refractivity contribution in [3.05, 3.63) is 46.0 Å². The molecule has 3 aromatic rings. The number of aromatic nitrogens is 4. The molecular weight excluding hydrogens is 574 g/mol. The van der Waals surface area contributed by atoms with Gasteiger partial charge in [-0.2, -0.15) is 4.98 Å². The summed E-state index contributed by atoms with van der Waals surface area (Å²) in [6, 6.07) is 4.12. The van der Waals surface area contributed by atoms with Crippen LogP contribution in [0.1, 0.15) is 121 Å². The number of hydrogen-bond donors (Lipinski definition) is 1. The fraction of sp³-hybridized carbons (Fsp3) is 0.649. The molecule has 1 saturated heterocycles. The number of carbonyl (C=O) groups excluding carboxylic acids is 1. The molecule has 9 heteroatoms. The van der Waals surface area contributed by atoms with Gasteiger partial charge in [-0.15, -0.1) is 0 Å². The molecule has 252 valence electrons. The van der Waals surface area contributed by atoms with Crippen LogP contribution in [0, 0.1) is 18.8 Å². The molecule has 0 aromatic carbocycles. The summed E-state index contributed by atoms with van der Waals surface area (Å²) < 4.78 is 1.74. The summed E-state index contributed by atoms with van der Waals surface area (Å²) >= 11 is 0. The van der Waals surface area contributed by atoms with E-state index in [1.807, 2.05) is 33.0 Å². The maximum absolute atomic E-state index is 13.5. The van der Waals surface area contributed by atoms with Gasteiger partial charge in [-0.3, -0.25) is 19.1 Å². The number of rotatable bonds is 13. The predicted molar refractivity (Wildman–Crippen MR) is 191 cm³/mol. The molecule has 1 atom stereocenters. The zero-order valence-corrected chi connectivity index (χ0v) is 29.4. The van der Waals surface area contributed by atoms with Gasteiger partial charge in [-0.1, -0.05) is 66.7 Å². The molecule has 3 aromatic heterocycles. The smallest absolute Gasteiger partial charge is 0.263 e. The van der Waals surface area contributed by atoms with Gasteiger partial charge in [0.25, 0.3) is 5.56 Å². The molecule has 1 aliphatic heterocycles. The first kappa shape index (κ1) is 35.5. The van der Waals surface area contributed by atoms with E-state index in [9.17, 15) is 9.59 Å². The van der Waals surface area contributed by atoms with E-state index in [4.69, 9.17) is 4.98 Å². The molecule has 9 nitrogen and oxygen atoms in total. The van der Waals surface area contributed by atoms with Gasteiger partial charge in [-0.25, -0.2) is 9.97 Å².